The first-order valence-electron chi connectivity index (χ1n) is 12.2. The van der Waals surface area contributed by atoms with Crippen molar-refractivity contribution in [2.24, 2.45) is 0 Å². The molecule has 35 heavy (non-hydrogen) atoms. The van der Waals surface area contributed by atoms with Crippen molar-refractivity contribution in [2.75, 3.05) is 13.7 Å². The van der Waals surface area contributed by atoms with E-state index in [2.05, 4.69) is 59.7 Å². The van der Waals surface area contributed by atoms with Crippen LogP contribution in [0.15, 0.2) is 42.5 Å². The molecule has 0 aromatic heterocycles. The van der Waals surface area contributed by atoms with Crippen molar-refractivity contribution < 1.29 is 23.5 Å². The third kappa shape index (κ3) is 6.62. The molecule has 1 aliphatic rings. The smallest absolute Gasteiger partial charge is 0.328 e. The number of benzene rings is 2. The number of hydrogen-bond donors (Lipinski definition) is 0. The normalized spacial score (nSPS) is 18.5. The van der Waals surface area contributed by atoms with Crippen molar-refractivity contribution in [1.82, 2.24) is 4.90 Å². The van der Waals surface area contributed by atoms with Gasteiger partial charge in [-0.1, -0.05) is 71.9 Å². The van der Waals surface area contributed by atoms with Crippen molar-refractivity contribution in [1.29, 1.82) is 0 Å². The third-order valence-electron chi connectivity index (χ3n) is 6.54. The fourth-order valence-electron chi connectivity index (χ4n) is 4.34. The molecule has 0 aliphatic carbocycles. The van der Waals surface area contributed by atoms with Crippen LogP contribution in [0, 0.1) is 5.82 Å². The molecule has 0 radical (unpaired) electrons. The summed E-state index contributed by atoms with van der Waals surface area (Å²) in [5.74, 6) is -0.981. The lowest BCUT2D eigenvalue weighted by Crippen LogP contribution is -2.41. The monoisotopic (exact) mass is 483 g/mol. The van der Waals surface area contributed by atoms with Gasteiger partial charge in [-0.3, -0.25) is 4.79 Å². The minimum Gasteiger partial charge on any atom is -0.485 e. The molecule has 2 aromatic carbocycles. The van der Waals surface area contributed by atoms with Crippen LogP contribution in [0.2, 0.25) is 0 Å². The lowest BCUT2D eigenvalue weighted by Gasteiger charge is -2.26. The van der Waals surface area contributed by atoms with Gasteiger partial charge < -0.3 is 14.4 Å². The van der Waals surface area contributed by atoms with Crippen molar-refractivity contribution in [3.8, 4) is 5.75 Å². The van der Waals surface area contributed by atoms with E-state index in [1.54, 1.807) is 18.2 Å². The average molecular weight is 484 g/mol. The first kappa shape index (κ1) is 26.7. The van der Waals surface area contributed by atoms with Crippen LogP contribution in [0.5, 0.6) is 5.75 Å². The second-order valence-corrected chi connectivity index (χ2v) is 11.4. The highest BCUT2D eigenvalue weighted by Gasteiger charge is 2.41. The Morgan fingerprint density at radius 2 is 1.60 bits per heavy atom. The van der Waals surface area contributed by atoms with Gasteiger partial charge in [0.05, 0.1) is 13.7 Å². The predicted octanol–water partition coefficient (Wildman–Crippen LogP) is 5.57. The van der Waals surface area contributed by atoms with Gasteiger partial charge in [0.25, 0.3) is 0 Å². The quantitative estimate of drug-likeness (QED) is 0.504. The highest BCUT2D eigenvalue weighted by atomic mass is 19.1. The van der Waals surface area contributed by atoms with E-state index in [4.69, 9.17) is 9.47 Å². The molecule has 0 spiro atoms. The highest BCUT2D eigenvalue weighted by molar-refractivity contribution is 5.85. The van der Waals surface area contributed by atoms with Crippen LogP contribution in [0.25, 0.3) is 0 Å². The van der Waals surface area contributed by atoms with E-state index < -0.39 is 23.9 Å². The molecule has 6 heteroatoms. The maximum Gasteiger partial charge on any atom is 0.328 e. The maximum absolute atomic E-state index is 14.1. The molecule has 1 amide bonds. The van der Waals surface area contributed by atoms with E-state index in [0.717, 1.165) is 5.56 Å². The number of halogens is 1. The Hall–Kier alpha value is -2.89. The van der Waals surface area contributed by atoms with E-state index in [1.165, 1.54) is 29.2 Å². The molecule has 2 atom stereocenters. The summed E-state index contributed by atoms with van der Waals surface area (Å²) in [6.07, 6.45) is 0.601. The van der Waals surface area contributed by atoms with E-state index in [0.29, 0.717) is 6.42 Å². The Balaban J connectivity index is 1.76. The summed E-state index contributed by atoms with van der Waals surface area (Å²) < 4.78 is 24.8. The number of para-hydroxylation sites is 1. The summed E-state index contributed by atoms with van der Waals surface area (Å²) in [6.45, 7) is 13.3. The van der Waals surface area contributed by atoms with E-state index in [-0.39, 0.29) is 41.9 Å². The molecule has 1 fully saturated rings. The van der Waals surface area contributed by atoms with Gasteiger partial charge in [0, 0.05) is 12.8 Å². The molecule has 1 aliphatic heterocycles. The standard InChI is InChI=1S/C29H38FNO4/c1-28(2,3)20-14-19(15-21(16-20)29(4,5)6)12-13-26(32)31-18-22(17-24(31)27(33)34-7)35-25-11-9-8-10-23(25)30/h8-11,14-16,22,24H,12-13,17-18H2,1-7H3. The number of aryl methyl sites for hydroxylation is 1. The molecule has 5 nitrogen and oxygen atoms in total. The molecule has 2 unspecified atom stereocenters. The SMILES string of the molecule is COC(=O)C1CC(Oc2ccccc2F)CN1C(=O)CCc1cc(C(C)(C)C)cc(C(C)(C)C)c1. The number of ether oxygens (including phenoxy) is 2. The molecule has 1 heterocycles. The Morgan fingerprint density at radius 1 is 1.00 bits per heavy atom. The zero-order valence-electron chi connectivity index (χ0n) is 22.0. The van der Waals surface area contributed by atoms with Gasteiger partial charge in [-0.25, -0.2) is 9.18 Å². The second kappa shape index (κ2) is 10.4. The van der Waals surface area contributed by atoms with Crippen LogP contribution in [-0.4, -0.2) is 42.6 Å². The highest BCUT2D eigenvalue weighted by Crippen LogP contribution is 2.31. The number of methoxy groups -OCH3 is 1. The van der Waals surface area contributed by atoms with Gasteiger partial charge >= 0.3 is 5.97 Å². The Morgan fingerprint density at radius 3 is 2.14 bits per heavy atom. The van der Waals surface area contributed by atoms with Crippen LogP contribution >= 0.6 is 0 Å². The first-order valence-corrected chi connectivity index (χ1v) is 12.2. The summed E-state index contributed by atoms with van der Waals surface area (Å²) in [4.78, 5) is 27.2. The molecule has 0 saturated carbocycles. The molecule has 190 valence electrons. The van der Waals surface area contributed by atoms with E-state index >= 15 is 0 Å². The number of carbonyl (C=O) groups is 2. The van der Waals surface area contributed by atoms with Gasteiger partial charge in [-0.2, -0.15) is 0 Å². The van der Waals surface area contributed by atoms with E-state index in [9.17, 15) is 14.0 Å². The first-order chi connectivity index (χ1) is 16.3. The number of amides is 1. The molecule has 1 saturated heterocycles. The average Bonchev–Trinajstić information content (AvgIpc) is 3.21. The van der Waals surface area contributed by atoms with Crippen molar-refractivity contribution in [2.45, 2.75) is 83.8 Å². The molecular formula is C29H38FNO4. The number of rotatable bonds is 6. The molecule has 0 bridgehead atoms. The van der Waals surface area contributed by atoms with Gasteiger partial charge in [0.2, 0.25) is 5.91 Å². The van der Waals surface area contributed by atoms with Crippen LogP contribution in [0.3, 0.4) is 0 Å². The number of hydrogen-bond acceptors (Lipinski definition) is 4. The molecule has 0 N–H and O–H groups in total. The number of esters is 1. The van der Waals surface area contributed by atoms with Crippen molar-refractivity contribution >= 4 is 11.9 Å². The number of carbonyl (C=O) groups excluding carboxylic acids is 2. The maximum atomic E-state index is 14.1. The molecule has 3 rings (SSSR count). The van der Waals surface area contributed by atoms with Gasteiger partial charge in [0.1, 0.15) is 12.1 Å². The molecular weight excluding hydrogens is 445 g/mol. The minimum atomic E-state index is -0.740. The van der Waals surface area contributed by atoms with Gasteiger partial charge in [0.15, 0.2) is 11.6 Å². The minimum absolute atomic E-state index is 0.0117. The lowest BCUT2D eigenvalue weighted by molar-refractivity contribution is -0.150. The van der Waals surface area contributed by atoms with Crippen LogP contribution in [0.1, 0.15) is 71.1 Å². The summed E-state index contributed by atoms with van der Waals surface area (Å²) in [7, 11) is 1.31. The van der Waals surface area contributed by atoms with E-state index in [1.807, 2.05) is 0 Å². The zero-order chi connectivity index (χ0) is 26.0. The third-order valence-corrected chi connectivity index (χ3v) is 6.54. The summed E-state index contributed by atoms with van der Waals surface area (Å²) in [6, 6.07) is 12.0. The van der Waals surface area contributed by atoms with Crippen molar-refractivity contribution in [3.05, 3.63) is 65.0 Å². The Labute approximate surface area is 208 Å². The predicted molar refractivity (Wildman–Crippen MR) is 135 cm³/mol. The summed E-state index contributed by atoms with van der Waals surface area (Å²) in [5.41, 5.74) is 3.55. The van der Waals surface area contributed by atoms with Gasteiger partial charge in [-0.05, 0) is 46.1 Å². The largest absolute Gasteiger partial charge is 0.485 e. The van der Waals surface area contributed by atoms with Crippen molar-refractivity contribution in [3.63, 3.8) is 0 Å². The topological polar surface area (TPSA) is 55.8 Å². The Kier molecular flexibility index (Phi) is 7.93. The van der Waals surface area contributed by atoms with Gasteiger partial charge in [-0.15, -0.1) is 0 Å². The summed E-state index contributed by atoms with van der Waals surface area (Å²) >= 11 is 0. The summed E-state index contributed by atoms with van der Waals surface area (Å²) in [5, 5.41) is 0. The fourth-order valence-corrected chi connectivity index (χ4v) is 4.34. The second-order valence-electron chi connectivity index (χ2n) is 11.4. The zero-order valence-corrected chi connectivity index (χ0v) is 22.0. The number of nitrogens with zero attached hydrogens (tertiary/aromatic N) is 1. The van der Waals surface area contributed by atoms with Crippen LogP contribution in [0.4, 0.5) is 4.39 Å². The fraction of sp³-hybridized carbons (Fsp3) is 0.517. The Bertz CT molecular complexity index is 1030. The molecule has 2 aromatic rings. The lowest BCUT2D eigenvalue weighted by atomic mass is 9.79. The van der Waals surface area contributed by atoms with Crippen LogP contribution in [-0.2, 0) is 31.6 Å². The van der Waals surface area contributed by atoms with Crippen LogP contribution < -0.4 is 4.74 Å². The number of likely N-dealkylation sites (tertiary alicyclic amines) is 1.